The molecular weight excluding hydrogens is 536 g/mol. The molecule has 12 nitrogen and oxygen atoms in total. The lowest BCUT2D eigenvalue weighted by Crippen LogP contribution is -2.44. The van der Waals surface area contributed by atoms with Gasteiger partial charge in [-0.15, -0.1) is 0 Å². The number of hydrogen-bond donors (Lipinski definition) is 5. The van der Waals surface area contributed by atoms with E-state index in [1.165, 1.54) is 6.20 Å². The minimum atomic E-state index is -1.03. The largest absolute Gasteiger partial charge is 0.465 e. The van der Waals surface area contributed by atoms with Gasteiger partial charge < -0.3 is 26.4 Å². The predicted octanol–water partition coefficient (Wildman–Crippen LogP) is 3.29. The highest BCUT2D eigenvalue weighted by Crippen LogP contribution is 2.33. The second kappa shape index (κ2) is 11.7. The molecule has 0 bridgehead atoms. The molecule has 0 atom stereocenters. The zero-order valence-corrected chi connectivity index (χ0v) is 23.2. The second-order valence-corrected chi connectivity index (χ2v) is 11.7. The van der Waals surface area contributed by atoms with Crippen molar-refractivity contribution in [1.82, 2.24) is 30.5 Å². The Morgan fingerprint density at radius 1 is 0.976 bits per heavy atom. The third-order valence-corrected chi connectivity index (χ3v) is 8.53. The Balaban J connectivity index is 1.17. The summed E-state index contributed by atoms with van der Waals surface area (Å²) < 4.78 is 1.71. The van der Waals surface area contributed by atoms with Gasteiger partial charge in [0.15, 0.2) is 0 Å². The number of aromatic nitrogens is 3. The lowest BCUT2D eigenvalue weighted by molar-refractivity contribution is -0.123. The molecule has 5 N–H and O–H groups in total. The van der Waals surface area contributed by atoms with Crippen molar-refractivity contribution in [2.24, 2.45) is 11.8 Å². The van der Waals surface area contributed by atoms with Crippen LogP contribution in [0.1, 0.15) is 67.3 Å². The van der Waals surface area contributed by atoms with Crippen molar-refractivity contribution in [2.45, 2.75) is 69.5 Å². The Morgan fingerprint density at radius 3 is 2.40 bits per heavy atom. The molecule has 3 aliphatic rings. The van der Waals surface area contributed by atoms with E-state index in [1.807, 2.05) is 18.2 Å². The number of anilines is 1. The van der Waals surface area contributed by atoms with E-state index in [0.717, 1.165) is 62.6 Å². The fourth-order valence-electron chi connectivity index (χ4n) is 5.93. The fraction of sp³-hybridized carbons (Fsp3) is 0.467. The highest BCUT2D eigenvalue weighted by Gasteiger charge is 2.33. The van der Waals surface area contributed by atoms with Crippen LogP contribution in [-0.2, 0) is 4.79 Å². The Bertz CT molecular complexity index is 1540. The Morgan fingerprint density at radius 2 is 1.71 bits per heavy atom. The molecule has 0 spiro atoms. The summed E-state index contributed by atoms with van der Waals surface area (Å²) in [6.45, 7) is 0.402. The van der Waals surface area contributed by atoms with Crippen molar-refractivity contribution in [3.8, 4) is 17.5 Å². The molecule has 12 heteroatoms. The number of nitrogens with one attached hydrogen (secondary N) is 4. The Hall–Kier alpha value is -4.66. The number of nitrogens with zero attached hydrogens (tertiary/aromatic N) is 4. The molecule has 3 aromatic rings. The van der Waals surface area contributed by atoms with E-state index in [0.29, 0.717) is 29.1 Å². The summed E-state index contributed by atoms with van der Waals surface area (Å²) in [6, 6.07) is 9.73. The molecule has 0 aromatic carbocycles. The number of pyridine rings is 1. The van der Waals surface area contributed by atoms with Crippen molar-refractivity contribution < 1.29 is 19.5 Å². The van der Waals surface area contributed by atoms with Crippen LogP contribution in [-0.4, -0.2) is 62.3 Å². The van der Waals surface area contributed by atoms with Gasteiger partial charge in [-0.2, -0.15) is 10.4 Å². The molecule has 3 amide bonds. The van der Waals surface area contributed by atoms with Crippen LogP contribution in [0.3, 0.4) is 0 Å². The van der Waals surface area contributed by atoms with Crippen LogP contribution in [0.25, 0.3) is 16.9 Å². The van der Waals surface area contributed by atoms with E-state index in [9.17, 15) is 19.6 Å². The first kappa shape index (κ1) is 27.5. The predicted molar refractivity (Wildman–Crippen MR) is 154 cm³/mol. The lowest BCUT2D eigenvalue weighted by atomic mass is 9.80. The first-order valence-corrected chi connectivity index (χ1v) is 14.6. The van der Waals surface area contributed by atoms with Gasteiger partial charge in [-0.3, -0.25) is 14.6 Å². The highest BCUT2D eigenvalue weighted by atomic mass is 16.4. The monoisotopic (exact) mass is 570 g/mol. The van der Waals surface area contributed by atoms with Crippen LogP contribution in [0.2, 0.25) is 0 Å². The van der Waals surface area contributed by atoms with Gasteiger partial charge in [0.1, 0.15) is 6.07 Å². The summed E-state index contributed by atoms with van der Waals surface area (Å²) in [5.74, 6) is 0.389. The molecular formula is C30H34N8O4. The summed E-state index contributed by atoms with van der Waals surface area (Å²) in [6.07, 6.45) is 8.85. The number of rotatable bonds is 9. The molecule has 0 radical (unpaired) electrons. The van der Waals surface area contributed by atoms with Crippen molar-refractivity contribution >= 4 is 29.1 Å². The number of carbonyl (C=O) groups is 3. The third kappa shape index (κ3) is 6.15. The molecule has 0 unspecified atom stereocenters. The molecule has 0 aliphatic heterocycles. The number of nitriles is 1. The SMILES string of the molecule is N#Cc1cnn2c(-c3cc(NC4CC(CNC(=O)O)C4)c(C(=O)NC4CCC(NC(=O)C5CC5)CC4)cn3)ccc2c1. The summed E-state index contributed by atoms with van der Waals surface area (Å²) in [7, 11) is 0. The maximum Gasteiger partial charge on any atom is 0.404 e. The number of fused-ring (bicyclic) bond motifs is 1. The van der Waals surface area contributed by atoms with Gasteiger partial charge in [0.05, 0.1) is 39.9 Å². The standard InChI is InChI=1S/C30H34N8O4/c31-13-18-11-23-7-8-27(38(23)34-15-18)26-12-25(35-22-9-17(10-22)14-33-30(41)42)24(16-32-26)29(40)37-21-5-3-20(4-6-21)36-28(39)19-1-2-19/h7-8,11-12,15-17,19-22,33H,1-6,9-10,14H2,(H,32,35)(H,36,39)(H,37,40)(H,41,42). The maximum absolute atomic E-state index is 13.5. The van der Waals surface area contributed by atoms with E-state index in [2.05, 4.69) is 37.4 Å². The first-order valence-electron chi connectivity index (χ1n) is 14.6. The lowest BCUT2D eigenvalue weighted by Gasteiger charge is -2.37. The molecule has 3 saturated carbocycles. The normalized spacial score (nSPS) is 23.3. The molecule has 3 heterocycles. The van der Waals surface area contributed by atoms with Crippen LogP contribution in [0, 0.1) is 23.2 Å². The smallest absolute Gasteiger partial charge is 0.404 e. The van der Waals surface area contributed by atoms with Gasteiger partial charge >= 0.3 is 6.09 Å². The van der Waals surface area contributed by atoms with Gasteiger partial charge in [0.25, 0.3) is 5.91 Å². The molecule has 6 rings (SSSR count). The van der Waals surface area contributed by atoms with Crippen molar-refractivity contribution in [3.63, 3.8) is 0 Å². The number of amides is 3. The van der Waals surface area contributed by atoms with E-state index < -0.39 is 6.09 Å². The van der Waals surface area contributed by atoms with Crippen LogP contribution >= 0.6 is 0 Å². The van der Waals surface area contributed by atoms with Gasteiger partial charge in [-0.05, 0) is 81.5 Å². The molecule has 3 aliphatic carbocycles. The van der Waals surface area contributed by atoms with E-state index in [1.54, 1.807) is 16.8 Å². The molecule has 3 fully saturated rings. The molecule has 42 heavy (non-hydrogen) atoms. The van der Waals surface area contributed by atoms with Gasteiger partial charge in [0.2, 0.25) is 5.91 Å². The zero-order chi connectivity index (χ0) is 29.2. The molecule has 3 aromatic heterocycles. The number of hydrogen-bond acceptors (Lipinski definition) is 7. The van der Waals surface area contributed by atoms with Crippen molar-refractivity contribution in [1.29, 1.82) is 5.26 Å². The van der Waals surface area contributed by atoms with Crippen LogP contribution in [0.5, 0.6) is 0 Å². The van der Waals surface area contributed by atoms with Gasteiger partial charge in [-0.25, -0.2) is 9.31 Å². The zero-order valence-electron chi connectivity index (χ0n) is 23.2. The van der Waals surface area contributed by atoms with Crippen molar-refractivity contribution in [2.75, 3.05) is 11.9 Å². The maximum atomic E-state index is 13.5. The van der Waals surface area contributed by atoms with Crippen molar-refractivity contribution in [3.05, 3.63) is 47.8 Å². The highest BCUT2D eigenvalue weighted by molar-refractivity contribution is 6.00. The average Bonchev–Trinajstić information content (AvgIpc) is 3.74. The summed E-state index contributed by atoms with van der Waals surface area (Å²) in [5.41, 5.74) is 3.68. The van der Waals surface area contributed by atoms with E-state index in [-0.39, 0.29) is 41.8 Å². The van der Waals surface area contributed by atoms with E-state index >= 15 is 0 Å². The summed E-state index contributed by atoms with van der Waals surface area (Å²) in [4.78, 5) is 41.1. The van der Waals surface area contributed by atoms with Gasteiger partial charge in [0, 0.05) is 36.8 Å². The van der Waals surface area contributed by atoms with Gasteiger partial charge in [-0.1, -0.05) is 0 Å². The average molecular weight is 571 g/mol. The fourth-order valence-corrected chi connectivity index (χ4v) is 5.93. The minimum absolute atomic E-state index is 0.0161. The van der Waals surface area contributed by atoms with Crippen LogP contribution < -0.4 is 21.3 Å². The summed E-state index contributed by atoms with van der Waals surface area (Å²) >= 11 is 0. The first-order chi connectivity index (χ1) is 20.4. The van der Waals surface area contributed by atoms with Crippen LogP contribution in [0.4, 0.5) is 10.5 Å². The molecule has 0 saturated heterocycles. The minimum Gasteiger partial charge on any atom is -0.465 e. The topological polar surface area (TPSA) is 174 Å². The Kier molecular flexibility index (Phi) is 7.65. The number of carbonyl (C=O) groups excluding carboxylic acids is 2. The van der Waals surface area contributed by atoms with Crippen LogP contribution in [0.15, 0.2) is 36.7 Å². The Labute approximate surface area is 242 Å². The number of carboxylic acid groups (broad SMARTS) is 1. The summed E-state index contributed by atoms with van der Waals surface area (Å²) in [5, 5.41) is 34.8. The molecule has 218 valence electrons. The second-order valence-electron chi connectivity index (χ2n) is 11.7. The quantitative estimate of drug-likeness (QED) is 0.261. The van der Waals surface area contributed by atoms with E-state index in [4.69, 9.17) is 5.11 Å². The third-order valence-electron chi connectivity index (χ3n) is 8.53.